The number of aliphatic hydroxyl groups is 1. The third-order valence-corrected chi connectivity index (χ3v) is 3.03. The van der Waals surface area contributed by atoms with E-state index < -0.39 is 5.82 Å². The summed E-state index contributed by atoms with van der Waals surface area (Å²) in [4.78, 5) is 23.1. The third kappa shape index (κ3) is 6.67. The van der Waals surface area contributed by atoms with Gasteiger partial charge in [0.25, 0.3) is 0 Å². The van der Waals surface area contributed by atoms with Crippen molar-refractivity contribution < 1.29 is 19.1 Å². The molecule has 0 aliphatic rings. The normalized spacial score (nSPS) is 10.6. The number of carbonyl (C=O) groups excluding carboxylic acids is 2. The van der Waals surface area contributed by atoms with Crippen molar-refractivity contribution >= 4 is 11.8 Å². The maximum Gasteiger partial charge on any atom is 0.220 e. The summed E-state index contributed by atoms with van der Waals surface area (Å²) in [6.45, 7) is 3.66. The zero-order valence-electron chi connectivity index (χ0n) is 13.0. The number of hydrogen-bond acceptors (Lipinski definition) is 3. The lowest BCUT2D eigenvalue weighted by atomic mass is 10.1. The first kappa shape index (κ1) is 18.1. The zero-order chi connectivity index (χ0) is 16.5. The molecule has 22 heavy (non-hydrogen) atoms. The van der Waals surface area contributed by atoms with E-state index in [0.29, 0.717) is 12.8 Å². The summed E-state index contributed by atoms with van der Waals surface area (Å²) in [6.07, 6.45) is 1.06. The third-order valence-electron chi connectivity index (χ3n) is 3.03. The minimum atomic E-state index is -0.464. The van der Waals surface area contributed by atoms with Gasteiger partial charge < -0.3 is 15.7 Å². The topological polar surface area (TPSA) is 78.4 Å². The Balaban J connectivity index is 2.30. The molecule has 0 aromatic heterocycles. The standard InChI is InChI=1S/C16H23FN2O3/c1-11(2)19-16(22)5-3-4-15(21)18-9-12-6-7-14(17)13(8-12)10-20/h6-8,11,20H,3-5,9-10H2,1-2H3,(H,18,21)(H,19,22). The summed E-state index contributed by atoms with van der Waals surface area (Å²) in [5, 5.41) is 14.5. The van der Waals surface area contributed by atoms with Crippen LogP contribution in [0.15, 0.2) is 18.2 Å². The molecule has 2 amide bonds. The first-order valence-corrected chi connectivity index (χ1v) is 7.36. The van der Waals surface area contributed by atoms with E-state index in [2.05, 4.69) is 10.6 Å². The van der Waals surface area contributed by atoms with E-state index in [9.17, 15) is 14.0 Å². The monoisotopic (exact) mass is 310 g/mol. The number of nitrogens with one attached hydrogen (secondary N) is 2. The Morgan fingerprint density at radius 2 is 1.91 bits per heavy atom. The van der Waals surface area contributed by atoms with E-state index in [0.717, 1.165) is 5.56 Å². The highest BCUT2D eigenvalue weighted by Gasteiger charge is 2.07. The molecule has 6 heteroatoms. The van der Waals surface area contributed by atoms with Crippen LogP contribution in [0.25, 0.3) is 0 Å². The summed E-state index contributed by atoms with van der Waals surface area (Å²) < 4.78 is 13.2. The Kier molecular flexibility index (Phi) is 7.52. The fourth-order valence-electron chi connectivity index (χ4n) is 1.95. The number of carbonyl (C=O) groups is 2. The molecular formula is C16H23FN2O3. The van der Waals surface area contributed by atoms with Gasteiger partial charge in [0.15, 0.2) is 0 Å². The number of hydrogen-bond donors (Lipinski definition) is 3. The van der Waals surface area contributed by atoms with Gasteiger partial charge in [-0.15, -0.1) is 0 Å². The van der Waals surface area contributed by atoms with Crippen molar-refractivity contribution in [2.75, 3.05) is 0 Å². The van der Waals surface area contributed by atoms with Gasteiger partial charge in [-0.2, -0.15) is 0 Å². The van der Waals surface area contributed by atoms with Crippen molar-refractivity contribution in [3.05, 3.63) is 35.1 Å². The average molecular weight is 310 g/mol. The molecular weight excluding hydrogens is 287 g/mol. The van der Waals surface area contributed by atoms with Crippen LogP contribution in [0.2, 0.25) is 0 Å². The van der Waals surface area contributed by atoms with Crippen molar-refractivity contribution in [2.24, 2.45) is 0 Å². The first-order chi connectivity index (χ1) is 10.4. The highest BCUT2D eigenvalue weighted by atomic mass is 19.1. The van der Waals surface area contributed by atoms with Crippen molar-refractivity contribution in [1.29, 1.82) is 0 Å². The predicted molar refractivity (Wildman–Crippen MR) is 81.3 cm³/mol. The Hall–Kier alpha value is -1.95. The highest BCUT2D eigenvalue weighted by Crippen LogP contribution is 2.10. The van der Waals surface area contributed by atoms with Crippen LogP contribution >= 0.6 is 0 Å². The number of aliphatic hydroxyl groups excluding tert-OH is 1. The molecule has 0 radical (unpaired) electrons. The highest BCUT2D eigenvalue weighted by molar-refractivity contribution is 5.78. The number of halogens is 1. The SMILES string of the molecule is CC(C)NC(=O)CCCC(=O)NCc1ccc(F)c(CO)c1. The van der Waals surface area contributed by atoms with Crippen molar-refractivity contribution in [2.45, 2.75) is 52.3 Å². The molecule has 0 aliphatic heterocycles. The van der Waals surface area contributed by atoms with E-state index in [1.807, 2.05) is 13.8 Å². The lowest BCUT2D eigenvalue weighted by Crippen LogP contribution is -2.30. The molecule has 0 fully saturated rings. The Morgan fingerprint density at radius 3 is 2.55 bits per heavy atom. The van der Waals surface area contributed by atoms with Gasteiger partial charge in [-0.05, 0) is 38.0 Å². The summed E-state index contributed by atoms with van der Waals surface area (Å²) in [7, 11) is 0. The second-order valence-corrected chi connectivity index (χ2v) is 5.44. The summed E-state index contributed by atoms with van der Waals surface area (Å²) in [6, 6.07) is 4.44. The maximum atomic E-state index is 13.2. The second kappa shape index (κ2) is 9.15. The molecule has 122 valence electrons. The van der Waals surface area contributed by atoms with Crippen LogP contribution < -0.4 is 10.6 Å². The van der Waals surface area contributed by atoms with E-state index in [-0.39, 0.29) is 43.0 Å². The van der Waals surface area contributed by atoms with Crippen molar-refractivity contribution in [3.63, 3.8) is 0 Å². The van der Waals surface area contributed by atoms with Gasteiger partial charge in [-0.3, -0.25) is 9.59 Å². The molecule has 1 rings (SSSR count). The van der Waals surface area contributed by atoms with Gasteiger partial charge in [0.2, 0.25) is 11.8 Å². The van der Waals surface area contributed by atoms with Gasteiger partial charge in [0, 0.05) is 31.0 Å². The van der Waals surface area contributed by atoms with Crippen LogP contribution in [-0.4, -0.2) is 23.0 Å². The molecule has 0 bridgehead atoms. The molecule has 0 spiro atoms. The van der Waals surface area contributed by atoms with Crippen molar-refractivity contribution in [1.82, 2.24) is 10.6 Å². The second-order valence-electron chi connectivity index (χ2n) is 5.44. The summed E-state index contributed by atoms with van der Waals surface area (Å²) in [5.74, 6) is -0.685. The molecule has 0 unspecified atom stereocenters. The molecule has 1 aromatic rings. The molecule has 0 aliphatic carbocycles. The largest absolute Gasteiger partial charge is 0.392 e. The lowest BCUT2D eigenvalue weighted by molar-refractivity contribution is -0.122. The smallest absolute Gasteiger partial charge is 0.220 e. The van der Waals surface area contributed by atoms with E-state index in [1.54, 1.807) is 6.07 Å². The van der Waals surface area contributed by atoms with E-state index in [4.69, 9.17) is 5.11 Å². The molecule has 5 nitrogen and oxygen atoms in total. The number of amides is 2. The van der Waals surface area contributed by atoms with Crippen LogP contribution in [-0.2, 0) is 22.7 Å². The molecule has 0 saturated carbocycles. The average Bonchev–Trinajstić information content (AvgIpc) is 2.45. The van der Waals surface area contributed by atoms with E-state index in [1.165, 1.54) is 12.1 Å². The Labute approximate surface area is 129 Å². The molecule has 0 saturated heterocycles. The van der Waals surface area contributed by atoms with Gasteiger partial charge in [0.1, 0.15) is 5.82 Å². The summed E-state index contributed by atoms with van der Waals surface area (Å²) >= 11 is 0. The Bertz CT molecular complexity index is 518. The van der Waals surface area contributed by atoms with Crippen molar-refractivity contribution in [3.8, 4) is 0 Å². The minimum Gasteiger partial charge on any atom is -0.392 e. The first-order valence-electron chi connectivity index (χ1n) is 7.36. The van der Waals surface area contributed by atoms with E-state index >= 15 is 0 Å². The van der Waals surface area contributed by atoms with Crippen LogP contribution in [0.4, 0.5) is 4.39 Å². The zero-order valence-corrected chi connectivity index (χ0v) is 13.0. The van der Waals surface area contributed by atoms with Gasteiger partial charge >= 0.3 is 0 Å². The quantitative estimate of drug-likeness (QED) is 0.683. The molecule has 0 atom stereocenters. The maximum absolute atomic E-state index is 13.2. The fraction of sp³-hybridized carbons (Fsp3) is 0.500. The molecule has 3 N–H and O–H groups in total. The Morgan fingerprint density at radius 1 is 1.23 bits per heavy atom. The van der Waals surface area contributed by atoms with Crippen LogP contribution in [0.1, 0.15) is 44.2 Å². The van der Waals surface area contributed by atoms with Gasteiger partial charge in [-0.25, -0.2) is 4.39 Å². The van der Waals surface area contributed by atoms with Gasteiger partial charge in [-0.1, -0.05) is 6.07 Å². The van der Waals surface area contributed by atoms with Crippen LogP contribution in [0, 0.1) is 5.82 Å². The number of benzene rings is 1. The van der Waals surface area contributed by atoms with Gasteiger partial charge in [0.05, 0.1) is 6.61 Å². The summed E-state index contributed by atoms with van der Waals surface area (Å²) in [5.41, 5.74) is 0.924. The number of rotatable bonds is 8. The minimum absolute atomic E-state index is 0.0612. The van der Waals surface area contributed by atoms with Crippen LogP contribution in [0.5, 0.6) is 0 Å². The molecule has 1 aromatic carbocycles. The molecule has 0 heterocycles. The predicted octanol–water partition coefficient (Wildman–Crippen LogP) is 1.63. The fourth-order valence-corrected chi connectivity index (χ4v) is 1.95. The van der Waals surface area contributed by atoms with Crippen LogP contribution in [0.3, 0.4) is 0 Å². The lowest BCUT2D eigenvalue weighted by Gasteiger charge is -2.09.